The first-order valence-corrected chi connectivity index (χ1v) is 8.69. The molecule has 0 aliphatic rings. The maximum atomic E-state index is 11.6. The molecule has 146 valence electrons. The van der Waals surface area contributed by atoms with Crippen molar-refractivity contribution in [3.8, 4) is 11.4 Å². The Labute approximate surface area is 157 Å². The third-order valence-electron chi connectivity index (χ3n) is 3.18. The molecule has 0 aromatic carbocycles. The van der Waals surface area contributed by atoms with Crippen LogP contribution in [0.1, 0.15) is 39.5 Å². The molecule has 0 bridgehead atoms. The van der Waals surface area contributed by atoms with Crippen LogP contribution in [0.5, 0.6) is 0 Å². The van der Waals surface area contributed by atoms with Crippen molar-refractivity contribution in [1.29, 1.82) is 0 Å². The van der Waals surface area contributed by atoms with Gasteiger partial charge in [-0.3, -0.25) is 9.78 Å². The van der Waals surface area contributed by atoms with E-state index in [1.54, 1.807) is 39.2 Å². The number of ether oxygens (including phenoxy) is 2. The number of pyridine rings is 1. The fraction of sp³-hybridized carbons (Fsp3) is 0.500. The summed E-state index contributed by atoms with van der Waals surface area (Å²) in [5, 5.41) is 6.40. The van der Waals surface area contributed by atoms with Crippen LogP contribution in [-0.4, -0.2) is 45.9 Å². The van der Waals surface area contributed by atoms with Crippen molar-refractivity contribution in [3.63, 3.8) is 0 Å². The predicted octanol–water partition coefficient (Wildman–Crippen LogP) is 2.52. The smallest absolute Gasteiger partial charge is 0.407 e. The van der Waals surface area contributed by atoms with E-state index in [0.29, 0.717) is 24.6 Å². The van der Waals surface area contributed by atoms with Crippen molar-refractivity contribution in [2.45, 2.75) is 45.6 Å². The molecular formula is C18H24N4O5. The molecule has 1 N–H and O–H groups in total. The zero-order valence-corrected chi connectivity index (χ0v) is 15.7. The Hall–Kier alpha value is -2.97. The van der Waals surface area contributed by atoms with Crippen molar-refractivity contribution in [3.05, 3.63) is 30.4 Å². The van der Waals surface area contributed by atoms with Crippen LogP contribution < -0.4 is 5.32 Å². The Kier molecular flexibility index (Phi) is 7.27. The summed E-state index contributed by atoms with van der Waals surface area (Å²) in [6.45, 7) is 5.69. The lowest BCUT2D eigenvalue weighted by atomic mass is 10.2. The topological polar surface area (TPSA) is 116 Å². The molecule has 2 heterocycles. The molecule has 9 heteroatoms. The van der Waals surface area contributed by atoms with Crippen molar-refractivity contribution in [2.24, 2.45) is 0 Å². The summed E-state index contributed by atoms with van der Waals surface area (Å²) in [6, 6.07) is 3.64. The highest BCUT2D eigenvalue weighted by molar-refractivity contribution is 5.71. The second-order valence-electron chi connectivity index (χ2n) is 6.76. The number of carbonyl (C=O) groups is 2. The first kappa shape index (κ1) is 20.3. The third-order valence-corrected chi connectivity index (χ3v) is 3.18. The number of nitrogens with zero attached hydrogens (tertiary/aromatic N) is 3. The van der Waals surface area contributed by atoms with Crippen LogP contribution in [0.4, 0.5) is 4.79 Å². The van der Waals surface area contributed by atoms with E-state index in [1.807, 2.05) is 6.07 Å². The number of carbonyl (C=O) groups excluding carboxylic acids is 2. The quantitative estimate of drug-likeness (QED) is 0.552. The number of aryl methyl sites for hydroxylation is 1. The van der Waals surface area contributed by atoms with Gasteiger partial charge in [0.25, 0.3) is 0 Å². The molecule has 0 aliphatic heterocycles. The molecule has 9 nitrogen and oxygen atoms in total. The number of alkyl carbamates (subject to hydrolysis) is 1. The first-order valence-electron chi connectivity index (χ1n) is 8.69. The van der Waals surface area contributed by atoms with Crippen LogP contribution in [0.3, 0.4) is 0 Å². The molecule has 0 fully saturated rings. The fourth-order valence-electron chi connectivity index (χ4n) is 2.03. The second-order valence-corrected chi connectivity index (χ2v) is 6.76. The first-order chi connectivity index (χ1) is 12.8. The van der Waals surface area contributed by atoms with Gasteiger partial charge in [0, 0.05) is 30.9 Å². The van der Waals surface area contributed by atoms with E-state index in [1.165, 1.54) is 0 Å². The molecule has 0 spiro atoms. The van der Waals surface area contributed by atoms with E-state index < -0.39 is 17.7 Å². The van der Waals surface area contributed by atoms with Gasteiger partial charge in [-0.15, -0.1) is 0 Å². The fourth-order valence-corrected chi connectivity index (χ4v) is 2.03. The minimum absolute atomic E-state index is 0.0744. The number of amides is 1. The summed E-state index contributed by atoms with van der Waals surface area (Å²) in [5.41, 5.74) is 0.201. The molecule has 0 atom stereocenters. The van der Waals surface area contributed by atoms with Crippen molar-refractivity contribution in [1.82, 2.24) is 20.4 Å². The molecule has 0 radical (unpaired) electrons. The maximum absolute atomic E-state index is 11.6. The standard InChI is InChI=1S/C18H24N4O5/c1-18(2,3)26-17(24)20-10-8-15(23)25-11-5-7-14-21-16(22-27-14)13-6-4-9-19-12-13/h4,6,9,12H,5,7-8,10-11H2,1-3H3,(H,20,24). The van der Waals surface area contributed by atoms with Crippen molar-refractivity contribution < 1.29 is 23.6 Å². The molecule has 0 unspecified atom stereocenters. The SMILES string of the molecule is CC(C)(C)OC(=O)NCCC(=O)OCCCc1nc(-c2cccnc2)no1. The van der Waals surface area contributed by atoms with Gasteiger partial charge in [0.05, 0.1) is 13.0 Å². The Morgan fingerprint density at radius 1 is 1.30 bits per heavy atom. The molecule has 27 heavy (non-hydrogen) atoms. The van der Waals surface area contributed by atoms with Crippen molar-refractivity contribution >= 4 is 12.1 Å². The largest absolute Gasteiger partial charge is 0.466 e. The van der Waals surface area contributed by atoms with Crippen LogP contribution in [0.2, 0.25) is 0 Å². The average Bonchev–Trinajstić information content (AvgIpc) is 3.07. The minimum Gasteiger partial charge on any atom is -0.466 e. The van der Waals surface area contributed by atoms with Gasteiger partial charge in [-0.1, -0.05) is 5.16 Å². The van der Waals surface area contributed by atoms with Gasteiger partial charge in [-0.05, 0) is 39.3 Å². The van der Waals surface area contributed by atoms with E-state index >= 15 is 0 Å². The molecule has 1 amide bonds. The number of hydrogen-bond donors (Lipinski definition) is 1. The van der Waals surface area contributed by atoms with E-state index in [2.05, 4.69) is 20.4 Å². The Balaban J connectivity index is 1.59. The molecule has 2 aromatic heterocycles. The number of hydrogen-bond acceptors (Lipinski definition) is 8. The van der Waals surface area contributed by atoms with E-state index in [9.17, 15) is 9.59 Å². The normalized spacial score (nSPS) is 11.1. The third kappa shape index (κ3) is 7.85. The maximum Gasteiger partial charge on any atom is 0.407 e. The molecule has 2 aromatic rings. The zero-order chi connectivity index (χ0) is 19.7. The van der Waals surface area contributed by atoms with Gasteiger partial charge < -0.3 is 19.3 Å². The Bertz CT molecular complexity index is 740. The van der Waals surface area contributed by atoms with Crippen LogP contribution in [0.25, 0.3) is 11.4 Å². The Morgan fingerprint density at radius 3 is 2.81 bits per heavy atom. The van der Waals surface area contributed by atoms with Gasteiger partial charge in [-0.2, -0.15) is 4.98 Å². The zero-order valence-electron chi connectivity index (χ0n) is 15.7. The number of nitrogens with one attached hydrogen (secondary N) is 1. The highest BCUT2D eigenvalue weighted by Gasteiger charge is 2.16. The summed E-state index contributed by atoms with van der Waals surface area (Å²) in [6.07, 6.45) is 3.89. The van der Waals surface area contributed by atoms with Gasteiger partial charge in [0.1, 0.15) is 5.60 Å². The van der Waals surface area contributed by atoms with Crippen LogP contribution in [0, 0.1) is 0 Å². The van der Waals surface area contributed by atoms with Crippen LogP contribution >= 0.6 is 0 Å². The average molecular weight is 376 g/mol. The summed E-state index contributed by atoms with van der Waals surface area (Å²) >= 11 is 0. The predicted molar refractivity (Wildman–Crippen MR) is 95.7 cm³/mol. The lowest BCUT2D eigenvalue weighted by molar-refractivity contribution is -0.143. The molecule has 0 saturated carbocycles. The molecular weight excluding hydrogens is 352 g/mol. The van der Waals surface area contributed by atoms with Gasteiger partial charge >= 0.3 is 12.1 Å². The van der Waals surface area contributed by atoms with Crippen LogP contribution in [0.15, 0.2) is 29.0 Å². The minimum atomic E-state index is -0.573. The monoisotopic (exact) mass is 376 g/mol. The van der Waals surface area contributed by atoms with Gasteiger partial charge in [-0.25, -0.2) is 4.79 Å². The number of rotatable bonds is 8. The van der Waals surface area contributed by atoms with E-state index in [4.69, 9.17) is 14.0 Å². The highest BCUT2D eigenvalue weighted by Crippen LogP contribution is 2.14. The summed E-state index contributed by atoms with van der Waals surface area (Å²) in [7, 11) is 0. The van der Waals surface area contributed by atoms with E-state index in [-0.39, 0.29) is 19.6 Å². The van der Waals surface area contributed by atoms with E-state index in [0.717, 1.165) is 5.56 Å². The van der Waals surface area contributed by atoms with Gasteiger partial charge in [0.15, 0.2) is 0 Å². The second kappa shape index (κ2) is 9.65. The molecule has 0 saturated heterocycles. The summed E-state index contributed by atoms with van der Waals surface area (Å²) in [4.78, 5) is 31.4. The highest BCUT2D eigenvalue weighted by atomic mass is 16.6. The number of aromatic nitrogens is 3. The lowest BCUT2D eigenvalue weighted by Crippen LogP contribution is -2.33. The number of esters is 1. The summed E-state index contributed by atoms with van der Waals surface area (Å²) < 4.78 is 15.3. The molecule has 0 aliphatic carbocycles. The van der Waals surface area contributed by atoms with Crippen LogP contribution in [-0.2, 0) is 20.7 Å². The summed E-state index contributed by atoms with van der Waals surface area (Å²) in [5.74, 6) is 0.549. The van der Waals surface area contributed by atoms with Gasteiger partial charge in [0.2, 0.25) is 11.7 Å². The Morgan fingerprint density at radius 2 is 2.11 bits per heavy atom. The van der Waals surface area contributed by atoms with Crippen molar-refractivity contribution in [2.75, 3.05) is 13.2 Å². The lowest BCUT2D eigenvalue weighted by Gasteiger charge is -2.19. The molecule has 2 rings (SSSR count).